The fraction of sp³-hybridized carbons (Fsp3) is 0.909. The molecule has 0 rings (SSSR count). The van der Waals surface area contributed by atoms with Gasteiger partial charge < -0.3 is 17.8 Å². The van der Waals surface area contributed by atoms with Crippen molar-refractivity contribution in [3.05, 3.63) is 12.7 Å². The second kappa shape index (κ2) is 16.7. The third-order valence-electron chi connectivity index (χ3n) is 5.74. The van der Waals surface area contributed by atoms with Crippen LogP contribution in [0.5, 0.6) is 0 Å². The molecule has 162 valence electrons. The second-order valence-electron chi connectivity index (χ2n) is 8.12. The van der Waals surface area contributed by atoms with E-state index in [9.17, 15) is 0 Å². The minimum absolute atomic E-state index is 0.875. The molecule has 0 radical (unpaired) electrons. The van der Waals surface area contributed by atoms with Gasteiger partial charge in [0.1, 0.15) is 0 Å². The summed E-state index contributed by atoms with van der Waals surface area (Å²) in [4.78, 5) is 0. The Morgan fingerprint density at radius 2 is 1.19 bits per heavy atom. The molecule has 4 nitrogen and oxygen atoms in total. The monoisotopic (exact) mass is 402 g/mol. The topological polar surface area (TPSA) is 27.7 Å². The summed E-state index contributed by atoms with van der Waals surface area (Å²) >= 11 is 0. The van der Waals surface area contributed by atoms with E-state index in [1.165, 1.54) is 70.8 Å². The van der Waals surface area contributed by atoms with Gasteiger partial charge in [0, 0.05) is 33.8 Å². The summed E-state index contributed by atoms with van der Waals surface area (Å²) in [6, 6.07) is 0.875. The lowest BCUT2D eigenvalue weighted by molar-refractivity contribution is -0.904. The number of hydrogen-bond donors (Lipinski definition) is 0. The molecule has 0 aromatic carbocycles. The molecule has 0 aliphatic carbocycles. The van der Waals surface area contributed by atoms with Crippen LogP contribution in [0.2, 0.25) is 6.04 Å². The maximum atomic E-state index is 5.55. The third kappa shape index (κ3) is 12.8. The number of quaternary nitrogens is 1. The quantitative estimate of drug-likeness (QED) is 0.111. The molecule has 0 N–H and O–H groups in total. The molecule has 0 saturated carbocycles. The van der Waals surface area contributed by atoms with Crippen LogP contribution in [0.1, 0.15) is 77.6 Å². The van der Waals surface area contributed by atoms with Crippen LogP contribution < -0.4 is 0 Å². The molecule has 27 heavy (non-hydrogen) atoms. The highest BCUT2D eigenvalue weighted by Crippen LogP contribution is 2.18. The molecule has 0 aromatic heterocycles. The predicted molar refractivity (Wildman–Crippen MR) is 119 cm³/mol. The summed E-state index contributed by atoms with van der Waals surface area (Å²) < 4.78 is 17.7. The van der Waals surface area contributed by atoms with Crippen LogP contribution in [-0.2, 0) is 13.3 Å². The van der Waals surface area contributed by atoms with E-state index >= 15 is 0 Å². The lowest BCUT2D eigenvalue weighted by Gasteiger charge is -2.34. The summed E-state index contributed by atoms with van der Waals surface area (Å²) in [6.07, 6.45) is 17.0. The molecule has 0 amide bonds. The Bertz CT molecular complexity index is 342. The molecule has 0 aromatic rings. The molecule has 0 saturated heterocycles. The molecule has 0 spiro atoms. The highest BCUT2D eigenvalue weighted by atomic mass is 28.4. The molecule has 1 atom stereocenters. The molecule has 0 aliphatic heterocycles. The van der Waals surface area contributed by atoms with Crippen LogP contribution in [0.15, 0.2) is 12.7 Å². The van der Waals surface area contributed by atoms with Gasteiger partial charge in [0.05, 0.1) is 26.7 Å². The Kier molecular flexibility index (Phi) is 16.6. The van der Waals surface area contributed by atoms with Gasteiger partial charge in [-0.25, -0.2) is 0 Å². The van der Waals surface area contributed by atoms with E-state index in [1.807, 2.05) is 0 Å². The molecule has 0 bridgehead atoms. The van der Waals surface area contributed by atoms with Gasteiger partial charge in [0.2, 0.25) is 0 Å². The van der Waals surface area contributed by atoms with E-state index in [1.54, 1.807) is 21.3 Å². The normalized spacial score (nSPS) is 14.3. The predicted octanol–water partition coefficient (Wildman–Crippen LogP) is 5.81. The molecular weight excluding hydrogens is 354 g/mol. The molecule has 1 unspecified atom stereocenters. The highest BCUT2D eigenvalue weighted by Gasteiger charge is 2.38. The Morgan fingerprint density at radius 1 is 0.741 bits per heavy atom. The van der Waals surface area contributed by atoms with E-state index in [-0.39, 0.29) is 0 Å². The SMILES string of the molecule is C=CC[N+](C)(CCCCCCCCCCCC)CCC[Si](OC)(OC)OC. The summed E-state index contributed by atoms with van der Waals surface area (Å²) in [7, 11) is 5.00. The number of nitrogens with zero attached hydrogens (tertiary/aromatic N) is 1. The fourth-order valence-electron chi connectivity index (χ4n) is 3.82. The highest BCUT2D eigenvalue weighted by molar-refractivity contribution is 6.60. The first-order valence-corrected chi connectivity index (χ1v) is 13.0. The number of hydrogen-bond acceptors (Lipinski definition) is 3. The van der Waals surface area contributed by atoms with Crippen LogP contribution in [0.3, 0.4) is 0 Å². The van der Waals surface area contributed by atoms with Crippen molar-refractivity contribution in [2.45, 2.75) is 83.6 Å². The zero-order valence-corrected chi connectivity index (χ0v) is 20.1. The molecule has 5 heteroatoms. The first-order valence-electron chi connectivity index (χ1n) is 11.1. The Hall–Kier alpha value is -0.203. The van der Waals surface area contributed by atoms with Crippen molar-refractivity contribution in [3.8, 4) is 0 Å². The molecule has 0 aliphatic rings. The van der Waals surface area contributed by atoms with Crippen molar-refractivity contribution in [1.82, 2.24) is 0 Å². The first-order chi connectivity index (χ1) is 13.0. The van der Waals surface area contributed by atoms with Gasteiger partial charge in [0.15, 0.2) is 0 Å². The summed E-state index contributed by atoms with van der Waals surface area (Å²) in [6.45, 7) is 9.62. The smallest absolute Gasteiger partial charge is 0.377 e. The van der Waals surface area contributed by atoms with Crippen molar-refractivity contribution < 1.29 is 17.8 Å². The van der Waals surface area contributed by atoms with Gasteiger partial charge in [-0.15, -0.1) is 0 Å². The lowest BCUT2D eigenvalue weighted by atomic mass is 10.1. The number of likely N-dealkylation sites (N-methyl/N-ethyl adjacent to an activating group) is 1. The van der Waals surface area contributed by atoms with Gasteiger partial charge >= 0.3 is 8.80 Å². The third-order valence-corrected chi connectivity index (χ3v) is 8.57. The molecule has 0 heterocycles. The zero-order valence-electron chi connectivity index (χ0n) is 19.1. The zero-order chi connectivity index (χ0) is 20.4. The fourth-order valence-corrected chi connectivity index (χ4v) is 5.52. The summed E-state index contributed by atoms with van der Waals surface area (Å²) in [5, 5.41) is 0. The van der Waals surface area contributed by atoms with Gasteiger partial charge in [-0.05, 0) is 18.9 Å². The van der Waals surface area contributed by atoms with Gasteiger partial charge in [-0.3, -0.25) is 0 Å². The van der Waals surface area contributed by atoms with Crippen molar-refractivity contribution >= 4 is 8.80 Å². The van der Waals surface area contributed by atoms with Crippen LogP contribution in [0.25, 0.3) is 0 Å². The Balaban J connectivity index is 4.00. The maximum absolute atomic E-state index is 5.55. The first kappa shape index (κ1) is 26.8. The van der Waals surface area contributed by atoms with E-state index in [0.717, 1.165) is 30.0 Å². The van der Waals surface area contributed by atoms with E-state index < -0.39 is 8.80 Å². The Morgan fingerprint density at radius 3 is 1.63 bits per heavy atom. The van der Waals surface area contributed by atoms with Crippen molar-refractivity contribution in [2.75, 3.05) is 48.0 Å². The van der Waals surface area contributed by atoms with E-state index in [0.29, 0.717) is 0 Å². The van der Waals surface area contributed by atoms with Gasteiger partial charge in [0.25, 0.3) is 0 Å². The van der Waals surface area contributed by atoms with Crippen molar-refractivity contribution in [2.24, 2.45) is 0 Å². The minimum atomic E-state index is -2.44. The standard InChI is InChI=1S/C22H48NO3Si/c1-7-9-10-11-12-13-14-15-16-17-20-23(3,19-8-2)21-18-22-27(24-4,25-5)26-6/h8H,2,7,9-22H2,1,3-6H3/q+1. The summed E-state index contributed by atoms with van der Waals surface area (Å²) in [5.41, 5.74) is 0. The van der Waals surface area contributed by atoms with Crippen LogP contribution in [0, 0.1) is 0 Å². The van der Waals surface area contributed by atoms with E-state index in [4.69, 9.17) is 13.3 Å². The van der Waals surface area contributed by atoms with Crippen LogP contribution in [0.4, 0.5) is 0 Å². The van der Waals surface area contributed by atoms with Gasteiger partial charge in [-0.1, -0.05) is 64.9 Å². The molecule has 0 fully saturated rings. The van der Waals surface area contributed by atoms with Crippen LogP contribution >= 0.6 is 0 Å². The van der Waals surface area contributed by atoms with Crippen LogP contribution in [-0.4, -0.2) is 61.3 Å². The average Bonchev–Trinajstić information content (AvgIpc) is 2.67. The average molecular weight is 403 g/mol. The second-order valence-corrected chi connectivity index (χ2v) is 11.2. The Labute approximate surface area is 171 Å². The minimum Gasteiger partial charge on any atom is -0.377 e. The molecular formula is C22H48NO3Si+. The van der Waals surface area contributed by atoms with Crippen molar-refractivity contribution in [3.63, 3.8) is 0 Å². The largest absolute Gasteiger partial charge is 0.500 e. The lowest BCUT2D eigenvalue weighted by Crippen LogP contribution is -2.48. The maximum Gasteiger partial charge on any atom is 0.500 e. The van der Waals surface area contributed by atoms with E-state index in [2.05, 4.69) is 26.6 Å². The number of rotatable bonds is 20. The van der Waals surface area contributed by atoms with Crippen molar-refractivity contribution in [1.29, 1.82) is 0 Å². The number of unbranched alkanes of at least 4 members (excludes halogenated alkanes) is 9. The van der Waals surface area contributed by atoms with Gasteiger partial charge in [-0.2, -0.15) is 0 Å². The summed E-state index contributed by atoms with van der Waals surface area (Å²) in [5.74, 6) is 0.